The van der Waals surface area contributed by atoms with Gasteiger partial charge in [-0.3, -0.25) is 0 Å². The highest BCUT2D eigenvalue weighted by Crippen LogP contribution is 2.35. The van der Waals surface area contributed by atoms with Gasteiger partial charge in [0, 0.05) is 12.1 Å². The first-order valence-electron chi connectivity index (χ1n) is 9.96. The van der Waals surface area contributed by atoms with Crippen LogP contribution < -0.4 is 15.5 Å². The Labute approximate surface area is 169 Å². The second-order valence-electron chi connectivity index (χ2n) is 8.95. The molecule has 0 bridgehead atoms. The highest BCUT2D eigenvalue weighted by molar-refractivity contribution is 5.87. The van der Waals surface area contributed by atoms with Crippen LogP contribution in [-0.4, -0.2) is 47.9 Å². The predicted octanol–water partition coefficient (Wildman–Crippen LogP) is 0.255. The van der Waals surface area contributed by atoms with Gasteiger partial charge in [0.25, 0.3) is 0 Å². The number of carbonyl (C=O) groups is 2. The van der Waals surface area contributed by atoms with E-state index in [1.165, 1.54) is 12.8 Å². The number of aliphatic carboxylic acids is 2. The summed E-state index contributed by atoms with van der Waals surface area (Å²) in [6.45, 7) is 14.3. The molecule has 0 aromatic carbocycles. The molecule has 4 atom stereocenters. The van der Waals surface area contributed by atoms with Gasteiger partial charge in [0.1, 0.15) is 0 Å². The fourth-order valence-electron chi connectivity index (χ4n) is 3.16. The quantitative estimate of drug-likeness (QED) is 0.561. The van der Waals surface area contributed by atoms with Crippen molar-refractivity contribution in [1.29, 1.82) is 0 Å². The van der Waals surface area contributed by atoms with Crippen LogP contribution >= 0.6 is 0 Å². The summed E-state index contributed by atoms with van der Waals surface area (Å²) in [5, 5.41) is 32.2. The Balaban J connectivity index is 0.000000769. The number of carbonyl (C=O) groups excluding carboxylic acids is 2. The van der Waals surface area contributed by atoms with E-state index >= 15 is 0 Å². The van der Waals surface area contributed by atoms with Gasteiger partial charge in [-0.2, -0.15) is 0 Å². The summed E-state index contributed by atoms with van der Waals surface area (Å²) in [6.07, 6.45) is 4.39. The maximum absolute atomic E-state index is 10.0. The molecule has 0 radical (unpaired) electrons. The Bertz CT molecular complexity index is 482. The zero-order valence-corrected chi connectivity index (χ0v) is 18.1. The molecule has 7 heteroatoms. The lowest BCUT2D eigenvalue weighted by atomic mass is 9.75. The summed E-state index contributed by atoms with van der Waals surface area (Å²) in [5.74, 6) is -1.03. The SMILES string of the molecule is CC1CCC(C(C)C)C(OCC(O)CNC(C)(C)C)C1.O=C([O-])C=CC(=O)[O-]. The monoisotopic (exact) mass is 399 g/mol. The number of aliphatic hydroxyl groups is 1. The van der Waals surface area contributed by atoms with Crippen LogP contribution in [0.3, 0.4) is 0 Å². The van der Waals surface area contributed by atoms with E-state index in [2.05, 4.69) is 46.9 Å². The summed E-state index contributed by atoms with van der Waals surface area (Å²) < 4.78 is 6.06. The summed E-state index contributed by atoms with van der Waals surface area (Å²) in [5.41, 5.74) is 0.0425. The van der Waals surface area contributed by atoms with Crippen molar-refractivity contribution in [2.45, 2.75) is 78.6 Å². The smallest absolute Gasteiger partial charge is 0.0898 e. The molecular formula is C21H37NO6-2. The van der Waals surface area contributed by atoms with E-state index in [1.807, 2.05) is 0 Å². The average molecular weight is 400 g/mol. The minimum atomic E-state index is -1.55. The lowest BCUT2D eigenvalue weighted by Gasteiger charge is -2.37. The molecule has 4 unspecified atom stereocenters. The van der Waals surface area contributed by atoms with Gasteiger partial charge in [-0.25, -0.2) is 0 Å². The molecule has 28 heavy (non-hydrogen) atoms. The molecule has 0 aromatic heterocycles. The van der Waals surface area contributed by atoms with Crippen molar-refractivity contribution in [2.75, 3.05) is 13.2 Å². The topological polar surface area (TPSA) is 122 Å². The molecule has 1 saturated carbocycles. The number of β-amino-alcohol motifs (C(OH)–C–C–N with tert-alkyl or cyclic N) is 1. The molecule has 0 heterocycles. The Hall–Kier alpha value is -1.44. The minimum Gasteiger partial charge on any atom is -0.545 e. The van der Waals surface area contributed by atoms with Crippen LogP contribution in [0.25, 0.3) is 0 Å². The zero-order chi connectivity index (χ0) is 21.9. The standard InChI is InChI=1S/C17H35NO2.C4H4O4/c1-12(2)15-8-7-13(3)9-16(15)20-11-14(19)10-18-17(4,5)6;5-3(6)1-2-4(7)8/h12-16,18-19H,7-11H2,1-6H3;1-2H,(H,5,6)(H,7,8)/p-2. The molecule has 0 amide bonds. The molecule has 2 N–H and O–H groups in total. The summed E-state index contributed by atoms with van der Waals surface area (Å²) >= 11 is 0. The fraction of sp³-hybridized carbons (Fsp3) is 0.810. The van der Waals surface area contributed by atoms with Crippen molar-refractivity contribution in [3.05, 3.63) is 12.2 Å². The van der Waals surface area contributed by atoms with E-state index in [4.69, 9.17) is 4.74 Å². The molecular weight excluding hydrogens is 362 g/mol. The number of hydrogen-bond acceptors (Lipinski definition) is 7. The number of nitrogens with one attached hydrogen (secondary N) is 1. The first-order chi connectivity index (χ1) is 12.8. The van der Waals surface area contributed by atoms with Crippen LogP contribution in [0, 0.1) is 17.8 Å². The Morgan fingerprint density at radius 3 is 2.14 bits per heavy atom. The third-order valence-corrected chi connectivity index (χ3v) is 4.69. The number of rotatable bonds is 8. The van der Waals surface area contributed by atoms with E-state index in [0.29, 0.717) is 43.2 Å². The van der Waals surface area contributed by atoms with E-state index < -0.39 is 18.0 Å². The minimum absolute atomic E-state index is 0.0425. The van der Waals surface area contributed by atoms with Gasteiger partial charge in [-0.15, -0.1) is 0 Å². The molecule has 1 rings (SSSR count). The summed E-state index contributed by atoms with van der Waals surface area (Å²) in [7, 11) is 0. The van der Waals surface area contributed by atoms with Crippen LogP contribution in [0.4, 0.5) is 0 Å². The van der Waals surface area contributed by atoms with Crippen molar-refractivity contribution in [3.63, 3.8) is 0 Å². The first-order valence-corrected chi connectivity index (χ1v) is 9.96. The zero-order valence-electron chi connectivity index (χ0n) is 18.1. The number of hydrogen-bond donors (Lipinski definition) is 2. The highest BCUT2D eigenvalue weighted by atomic mass is 16.5. The normalized spacial score (nSPS) is 23.9. The second-order valence-corrected chi connectivity index (χ2v) is 8.95. The average Bonchev–Trinajstić information content (AvgIpc) is 2.56. The maximum atomic E-state index is 10.0. The molecule has 0 aromatic rings. The fourth-order valence-corrected chi connectivity index (χ4v) is 3.16. The molecule has 1 aliphatic carbocycles. The van der Waals surface area contributed by atoms with E-state index in [0.717, 1.165) is 12.3 Å². The predicted molar refractivity (Wildman–Crippen MR) is 104 cm³/mol. The number of aliphatic hydroxyl groups excluding tert-OH is 1. The van der Waals surface area contributed by atoms with Gasteiger partial charge < -0.3 is 35.0 Å². The Kier molecular flexibility index (Phi) is 12.2. The summed E-state index contributed by atoms with van der Waals surface area (Å²) in [4.78, 5) is 18.8. The van der Waals surface area contributed by atoms with Crippen LogP contribution in [-0.2, 0) is 14.3 Å². The van der Waals surface area contributed by atoms with Gasteiger partial charge in [0.05, 0.1) is 30.8 Å². The second kappa shape index (κ2) is 12.9. The van der Waals surface area contributed by atoms with Crippen molar-refractivity contribution < 1.29 is 29.6 Å². The molecule has 0 saturated heterocycles. The molecule has 7 nitrogen and oxygen atoms in total. The Morgan fingerprint density at radius 1 is 1.18 bits per heavy atom. The van der Waals surface area contributed by atoms with Crippen molar-refractivity contribution in [1.82, 2.24) is 5.32 Å². The van der Waals surface area contributed by atoms with Gasteiger partial charge in [0.15, 0.2) is 0 Å². The molecule has 0 spiro atoms. The van der Waals surface area contributed by atoms with E-state index in [-0.39, 0.29) is 5.54 Å². The lowest BCUT2D eigenvalue weighted by molar-refractivity contribution is -0.301. The number of carboxylic acids is 2. The number of ether oxygens (including phenoxy) is 1. The van der Waals surface area contributed by atoms with E-state index in [9.17, 15) is 24.9 Å². The van der Waals surface area contributed by atoms with Gasteiger partial charge in [0.2, 0.25) is 0 Å². The molecule has 1 fully saturated rings. The maximum Gasteiger partial charge on any atom is 0.0898 e. The van der Waals surface area contributed by atoms with Crippen molar-refractivity contribution in [3.8, 4) is 0 Å². The van der Waals surface area contributed by atoms with Gasteiger partial charge >= 0.3 is 0 Å². The summed E-state index contributed by atoms with van der Waals surface area (Å²) in [6, 6.07) is 0. The van der Waals surface area contributed by atoms with Crippen molar-refractivity contribution >= 4 is 11.9 Å². The first kappa shape index (κ1) is 26.6. The third-order valence-electron chi connectivity index (χ3n) is 4.69. The van der Waals surface area contributed by atoms with E-state index in [1.54, 1.807) is 0 Å². The van der Waals surface area contributed by atoms with Crippen LogP contribution in [0.5, 0.6) is 0 Å². The van der Waals surface area contributed by atoms with Gasteiger partial charge in [-0.1, -0.05) is 27.2 Å². The van der Waals surface area contributed by atoms with Gasteiger partial charge in [-0.05, 0) is 63.5 Å². The largest absolute Gasteiger partial charge is 0.545 e. The van der Waals surface area contributed by atoms with Crippen LogP contribution in [0.1, 0.15) is 60.8 Å². The highest BCUT2D eigenvalue weighted by Gasteiger charge is 2.31. The third kappa shape index (κ3) is 13.7. The molecule has 0 aliphatic heterocycles. The van der Waals surface area contributed by atoms with Crippen molar-refractivity contribution in [2.24, 2.45) is 17.8 Å². The molecule has 1 aliphatic rings. The molecule has 164 valence electrons. The Morgan fingerprint density at radius 2 is 1.71 bits per heavy atom. The number of carboxylic acid groups (broad SMARTS) is 2. The van der Waals surface area contributed by atoms with Crippen LogP contribution in [0.15, 0.2) is 12.2 Å². The van der Waals surface area contributed by atoms with Crippen LogP contribution in [0.2, 0.25) is 0 Å². The lowest BCUT2D eigenvalue weighted by Crippen LogP contribution is -2.43.